The van der Waals surface area contributed by atoms with E-state index in [9.17, 15) is 4.79 Å². The number of aromatic nitrogens is 1. The predicted octanol–water partition coefficient (Wildman–Crippen LogP) is 6.79. The van der Waals surface area contributed by atoms with Gasteiger partial charge in [0.1, 0.15) is 0 Å². The first-order chi connectivity index (χ1) is 12.8. The van der Waals surface area contributed by atoms with E-state index in [4.69, 9.17) is 0 Å². The van der Waals surface area contributed by atoms with E-state index in [1.54, 1.807) is 6.20 Å². The van der Waals surface area contributed by atoms with Crippen LogP contribution in [0.4, 0.5) is 0 Å². The molecule has 0 amide bonds. The van der Waals surface area contributed by atoms with E-state index in [1.807, 2.05) is 12.1 Å². The number of carbonyl (C=O) groups is 1. The first-order valence-electron chi connectivity index (χ1n) is 9.72. The van der Waals surface area contributed by atoms with E-state index in [1.165, 1.54) is 48.8 Å². The first-order valence-corrected chi connectivity index (χ1v) is 9.72. The summed E-state index contributed by atoms with van der Waals surface area (Å²) in [6, 6.07) is 16.7. The summed E-state index contributed by atoms with van der Waals surface area (Å²) in [4.78, 5) is 15.9. The van der Waals surface area contributed by atoms with Crippen molar-refractivity contribution in [3.63, 3.8) is 0 Å². The molecule has 1 heterocycles. The second-order valence-corrected chi connectivity index (χ2v) is 6.93. The highest BCUT2D eigenvalue weighted by molar-refractivity contribution is 6.03. The summed E-state index contributed by atoms with van der Waals surface area (Å²) < 4.78 is 0. The Labute approximate surface area is 156 Å². The molecule has 26 heavy (non-hydrogen) atoms. The molecule has 0 fully saturated rings. The van der Waals surface area contributed by atoms with Crippen molar-refractivity contribution >= 4 is 17.2 Å². The van der Waals surface area contributed by atoms with E-state index >= 15 is 0 Å². The smallest absolute Gasteiger partial charge is 0.152 e. The Bertz CT molecular complexity index is 884. The highest BCUT2D eigenvalue weighted by Crippen LogP contribution is 2.38. The summed E-state index contributed by atoms with van der Waals surface area (Å²) in [5, 5.41) is 1.05. The Balaban J connectivity index is 2.16. The van der Waals surface area contributed by atoms with Crippen LogP contribution in [-0.4, -0.2) is 11.3 Å². The van der Waals surface area contributed by atoms with Crippen molar-refractivity contribution in [2.45, 2.75) is 51.9 Å². The van der Waals surface area contributed by atoms with Gasteiger partial charge in [0.15, 0.2) is 6.29 Å². The molecule has 1 atom stereocenters. The molecule has 134 valence electrons. The largest absolute Gasteiger partial charge is 0.298 e. The number of pyridine rings is 1. The van der Waals surface area contributed by atoms with E-state index in [0.29, 0.717) is 11.5 Å². The third-order valence-corrected chi connectivity index (χ3v) is 5.16. The van der Waals surface area contributed by atoms with E-state index in [2.05, 4.69) is 55.2 Å². The van der Waals surface area contributed by atoms with E-state index < -0.39 is 0 Å². The average molecular weight is 345 g/mol. The second-order valence-electron chi connectivity index (χ2n) is 6.93. The fraction of sp³-hybridized carbons (Fsp3) is 0.333. The molecule has 2 nitrogen and oxygen atoms in total. The van der Waals surface area contributed by atoms with Gasteiger partial charge in [-0.15, -0.1) is 0 Å². The lowest BCUT2D eigenvalue weighted by molar-refractivity contribution is 0.112. The van der Waals surface area contributed by atoms with Crippen molar-refractivity contribution < 1.29 is 4.79 Å². The zero-order valence-electron chi connectivity index (χ0n) is 15.7. The van der Waals surface area contributed by atoms with Gasteiger partial charge in [-0.2, -0.15) is 0 Å². The maximum atomic E-state index is 11.4. The lowest BCUT2D eigenvalue weighted by Gasteiger charge is -2.21. The van der Waals surface area contributed by atoms with Crippen LogP contribution in [0.2, 0.25) is 0 Å². The Kier molecular flexibility index (Phi) is 6.17. The number of fused-ring (bicyclic) bond motifs is 1. The number of benzene rings is 2. The van der Waals surface area contributed by atoms with Crippen molar-refractivity contribution in [3.05, 3.63) is 65.9 Å². The molecule has 0 aliphatic heterocycles. The van der Waals surface area contributed by atoms with Crippen molar-refractivity contribution in [3.8, 4) is 11.1 Å². The lowest BCUT2D eigenvalue weighted by Crippen LogP contribution is -2.02. The maximum Gasteiger partial charge on any atom is 0.152 e. The molecule has 0 bridgehead atoms. The highest BCUT2D eigenvalue weighted by Gasteiger charge is 2.17. The van der Waals surface area contributed by atoms with E-state index in [0.717, 1.165) is 17.2 Å². The molecule has 0 N–H and O–H groups in total. The summed E-state index contributed by atoms with van der Waals surface area (Å²) in [5.74, 6) is 0.577. The number of carbonyl (C=O) groups excluding carboxylic acids is 1. The molecule has 0 spiro atoms. The van der Waals surface area contributed by atoms with Gasteiger partial charge >= 0.3 is 0 Å². The number of nitrogens with zero attached hydrogens (tertiary/aromatic N) is 1. The molecular formula is C24H27NO. The number of rotatable bonds is 8. The van der Waals surface area contributed by atoms with Gasteiger partial charge in [-0.05, 0) is 47.6 Å². The Hall–Kier alpha value is -2.48. The summed E-state index contributed by atoms with van der Waals surface area (Å²) in [5.41, 5.74) is 5.31. The van der Waals surface area contributed by atoms with Crippen LogP contribution < -0.4 is 0 Å². The molecule has 0 aliphatic carbocycles. The normalized spacial score (nSPS) is 12.2. The maximum absolute atomic E-state index is 11.4. The molecule has 2 aromatic carbocycles. The summed E-state index contributed by atoms with van der Waals surface area (Å²) in [6.07, 6.45) is 8.76. The molecule has 0 radical (unpaired) electrons. The lowest BCUT2D eigenvalue weighted by atomic mass is 9.84. The molecule has 3 aromatic rings. The first kappa shape index (κ1) is 18.3. The number of unbranched alkanes of at least 4 members (excludes halogenated alkanes) is 1. The molecule has 0 aliphatic rings. The average Bonchev–Trinajstić information content (AvgIpc) is 2.70. The molecule has 2 heteroatoms. The van der Waals surface area contributed by atoms with Crippen LogP contribution in [0.25, 0.3) is 22.0 Å². The third kappa shape index (κ3) is 3.70. The predicted molar refractivity (Wildman–Crippen MR) is 110 cm³/mol. The summed E-state index contributed by atoms with van der Waals surface area (Å²) >= 11 is 0. The van der Waals surface area contributed by atoms with Crippen LogP contribution in [-0.2, 0) is 0 Å². The monoisotopic (exact) mass is 345 g/mol. The topological polar surface area (TPSA) is 30.0 Å². The van der Waals surface area contributed by atoms with Crippen LogP contribution in [0.3, 0.4) is 0 Å². The summed E-state index contributed by atoms with van der Waals surface area (Å²) in [6.45, 7) is 4.52. The van der Waals surface area contributed by atoms with Crippen LogP contribution in [0, 0.1) is 0 Å². The summed E-state index contributed by atoms with van der Waals surface area (Å²) in [7, 11) is 0. The SMILES string of the molecule is CCCCC(CCC)c1ccccc1-c1ccc(C=O)c2ncccc12. The van der Waals surface area contributed by atoms with Gasteiger partial charge < -0.3 is 0 Å². The quantitative estimate of drug-likeness (QED) is 0.421. The van der Waals surface area contributed by atoms with Gasteiger partial charge in [0.25, 0.3) is 0 Å². The minimum atomic E-state index is 0.577. The standard InChI is InChI=1S/C24H27NO/c1-3-5-10-18(9-4-2)20-11-6-7-12-21(20)22-15-14-19(17-26)24-23(22)13-8-16-25-24/h6-8,11-18H,3-5,9-10H2,1-2H3. The van der Waals surface area contributed by atoms with Gasteiger partial charge in [-0.25, -0.2) is 0 Å². The van der Waals surface area contributed by atoms with Gasteiger partial charge in [-0.1, -0.05) is 69.5 Å². The van der Waals surface area contributed by atoms with Crippen LogP contribution >= 0.6 is 0 Å². The van der Waals surface area contributed by atoms with E-state index in [-0.39, 0.29) is 0 Å². The van der Waals surface area contributed by atoms with Gasteiger partial charge in [-0.3, -0.25) is 9.78 Å². The minimum absolute atomic E-state index is 0.577. The van der Waals surface area contributed by atoms with Crippen molar-refractivity contribution in [2.24, 2.45) is 0 Å². The third-order valence-electron chi connectivity index (χ3n) is 5.16. The molecule has 0 saturated carbocycles. The van der Waals surface area contributed by atoms with Crippen LogP contribution in [0.15, 0.2) is 54.7 Å². The molecule has 1 unspecified atom stereocenters. The Morgan fingerprint density at radius 3 is 2.54 bits per heavy atom. The Morgan fingerprint density at radius 2 is 1.77 bits per heavy atom. The number of aldehydes is 1. The highest BCUT2D eigenvalue weighted by atomic mass is 16.1. The Morgan fingerprint density at radius 1 is 0.923 bits per heavy atom. The zero-order valence-corrected chi connectivity index (χ0v) is 15.7. The van der Waals surface area contributed by atoms with Crippen molar-refractivity contribution in [1.29, 1.82) is 0 Å². The fourth-order valence-electron chi connectivity index (χ4n) is 3.88. The molecule has 1 aromatic heterocycles. The van der Waals surface area contributed by atoms with Crippen LogP contribution in [0.1, 0.15) is 67.8 Å². The molecule has 0 saturated heterocycles. The van der Waals surface area contributed by atoms with Crippen molar-refractivity contribution in [1.82, 2.24) is 4.98 Å². The van der Waals surface area contributed by atoms with Gasteiger partial charge in [0, 0.05) is 17.1 Å². The van der Waals surface area contributed by atoms with Crippen molar-refractivity contribution in [2.75, 3.05) is 0 Å². The van der Waals surface area contributed by atoms with Crippen LogP contribution in [0.5, 0.6) is 0 Å². The fourth-order valence-corrected chi connectivity index (χ4v) is 3.88. The zero-order chi connectivity index (χ0) is 18.4. The second kappa shape index (κ2) is 8.75. The minimum Gasteiger partial charge on any atom is -0.298 e. The molecular weight excluding hydrogens is 318 g/mol. The number of hydrogen-bond acceptors (Lipinski definition) is 2. The molecule has 3 rings (SSSR count). The van der Waals surface area contributed by atoms with Gasteiger partial charge in [0.2, 0.25) is 0 Å². The number of hydrogen-bond donors (Lipinski definition) is 0. The van der Waals surface area contributed by atoms with Gasteiger partial charge in [0.05, 0.1) is 5.52 Å².